The third-order valence-electron chi connectivity index (χ3n) is 3.12. The third kappa shape index (κ3) is 1.82. The van der Waals surface area contributed by atoms with Crippen molar-refractivity contribution in [2.24, 2.45) is 0 Å². The fourth-order valence-corrected chi connectivity index (χ4v) is 2.26. The molecule has 2 aromatic rings. The first-order valence-electron chi connectivity index (χ1n) is 5.82. The molecule has 84 valence electrons. The van der Waals surface area contributed by atoms with Crippen molar-refractivity contribution in [2.45, 2.75) is 12.8 Å². The summed E-state index contributed by atoms with van der Waals surface area (Å²) >= 11 is 0. The first-order valence-corrected chi connectivity index (χ1v) is 5.82. The van der Waals surface area contributed by atoms with E-state index >= 15 is 0 Å². The summed E-state index contributed by atoms with van der Waals surface area (Å²) < 4.78 is 0. The van der Waals surface area contributed by atoms with Crippen molar-refractivity contribution in [2.75, 3.05) is 5.32 Å². The average molecular weight is 223 g/mol. The van der Waals surface area contributed by atoms with E-state index in [1.54, 1.807) is 0 Å². The van der Waals surface area contributed by atoms with Crippen LogP contribution in [0.4, 0.5) is 5.69 Å². The molecule has 0 saturated carbocycles. The fraction of sp³-hybridized carbons (Fsp3) is 0.133. The molecule has 0 unspecified atom stereocenters. The molecule has 1 aliphatic heterocycles. The maximum atomic E-state index is 11.5. The van der Waals surface area contributed by atoms with Gasteiger partial charge in [-0.05, 0) is 17.5 Å². The smallest absolute Gasteiger partial charge is 0.224 e. The normalized spacial score (nSPS) is 14.0. The maximum Gasteiger partial charge on any atom is 0.224 e. The zero-order valence-electron chi connectivity index (χ0n) is 9.44. The third-order valence-corrected chi connectivity index (χ3v) is 3.12. The van der Waals surface area contributed by atoms with Gasteiger partial charge in [0.25, 0.3) is 0 Å². The van der Waals surface area contributed by atoms with Crippen molar-refractivity contribution in [1.82, 2.24) is 0 Å². The largest absolute Gasteiger partial charge is 0.325 e. The van der Waals surface area contributed by atoms with E-state index in [4.69, 9.17) is 0 Å². The Balaban J connectivity index is 2.15. The molecular weight excluding hydrogens is 210 g/mol. The molecular formula is C15H13NO. The highest BCUT2D eigenvalue weighted by Crippen LogP contribution is 2.33. The first-order chi connectivity index (χ1) is 8.34. The van der Waals surface area contributed by atoms with E-state index in [-0.39, 0.29) is 5.91 Å². The van der Waals surface area contributed by atoms with Gasteiger partial charge < -0.3 is 5.32 Å². The molecule has 0 spiro atoms. The van der Waals surface area contributed by atoms with Crippen LogP contribution in [0.2, 0.25) is 0 Å². The molecule has 1 heterocycles. The number of carbonyl (C=O) groups is 1. The van der Waals surface area contributed by atoms with Crippen LogP contribution in [-0.2, 0) is 11.2 Å². The van der Waals surface area contributed by atoms with E-state index in [2.05, 4.69) is 35.6 Å². The number of carbonyl (C=O) groups excluding carboxylic acids is 1. The topological polar surface area (TPSA) is 29.1 Å². The van der Waals surface area contributed by atoms with Gasteiger partial charge in [-0.1, -0.05) is 48.5 Å². The van der Waals surface area contributed by atoms with Crippen molar-refractivity contribution in [3.05, 3.63) is 54.1 Å². The number of amides is 1. The fourth-order valence-electron chi connectivity index (χ4n) is 2.26. The molecule has 2 nitrogen and oxygen atoms in total. The quantitative estimate of drug-likeness (QED) is 0.790. The Morgan fingerprint density at radius 3 is 2.53 bits per heavy atom. The number of aryl methyl sites for hydroxylation is 1. The highest BCUT2D eigenvalue weighted by Gasteiger charge is 2.17. The highest BCUT2D eigenvalue weighted by atomic mass is 16.1. The van der Waals surface area contributed by atoms with Gasteiger partial charge in [0.05, 0.1) is 5.69 Å². The van der Waals surface area contributed by atoms with Gasteiger partial charge in [0, 0.05) is 12.0 Å². The Morgan fingerprint density at radius 2 is 1.71 bits per heavy atom. The van der Waals surface area contributed by atoms with E-state index in [9.17, 15) is 4.79 Å². The lowest BCUT2D eigenvalue weighted by atomic mass is 9.95. The number of nitrogens with one attached hydrogen (secondary N) is 1. The predicted octanol–water partition coefficient (Wildman–Crippen LogP) is 3.24. The lowest BCUT2D eigenvalue weighted by Crippen LogP contribution is -2.19. The van der Waals surface area contributed by atoms with Crippen LogP contribution in [0.3, 0.4) is 0 Å². The van der Waals surface area contributed by atoms with Crippen molar-refractivity contribution in [3.8, 4) is 11.1 Å². The first kappa shape index (κ1) is 10.1. The van der Waals surface area contributed by atoms with Gasteiger partial charge in [0.1, 0.15) is 0 Å². The van der Waals surface area contributed by atoms with E-state index in [1.165, 1.54) is 5.56 Å². The molecule has 1 amide bonds. The van der Waals surface area contributed by atoms with Gasteiger partial charge >= 0.3 is 0 Å². The zero-order chi connectivity index (χ0) is 11.7. The lowest BCUT2D eigenvalue weighted by molar-refractivity contribution is -0.116. The SMILES string of the molecule is O=C1CCc2cccc(-c3ccccc3)c2N1. The standard InChI is InChI=1S/C15H13NO/c17-14-10-9-12-7-4-8-13(15(12)16-14)11-5-2-1-3-6-11/h1-8H,9-10H2,(H,16,17). The second-order valence-corrected chi connectivity index (χ2v) is 4.25. The van der Waals surface area contributed by atoms with Gasteiger partial charge in [0.15, 0.2) is 0 Å². The van der Waals surface area contributed by atoms with Crippen LogP contribution in [0.15, 0.2) is 48.5 Å². The number of hydrogen-bond donors (Lipinski definition) is 1. The van der Waals surface area contributed by atoms with Crippen LogP contribution in [0.5, 0.6) is 0 Å². The number of benzene rings is 2. The Morgan fingerprint density at radius 1 is 0.882 bits per heavy atom. The van der Waals surface area contributed by atoms with Crippen LogP contribution in [0, 0.1) is 0 Å². The maximum absolute atomic E-state index is 11.5. The van der Waals surface area contributed by atoms with Crippen LogP contribution >= 0.6 is 0 Å². The lowest BCUT2D eigenvalue weighted by Gasteiger charge is -2.20. The van der Waals surface area contributed by atoms with Crippen LogP contribution in [0.1, 0.15) is 12.0 Å². The summed E-state index contributed by atoms with van der Waals surface area (Å²) in [7, 11) is 0. The van der Waals surface area contributed by atoms with E-state index in [0.29, 0.717) is 6.42 Å². The monoisotopic (exact) mass is 223 g/mol. The van der Waals surface area contributed by atoms with Gasteiger partial charge in [-0.3, -0.25) is 4.79 Å². The molecule has 0 aromatic heterocycles. The molecule has 0 aliphatic carbocycles. The van der Waals surface area contributed by atoms with Crippen molar-refractivity contribution in [1.29, 1.82) is 0 Å². The number of rotatable bonds is 1. The Labute approximate surface area is 100 Å². The van der Waals surface area contributed by atoms with E-state index in [0.717, 1.165) is 23.2 Å². The number of fused-ring (bicyclic) bond motifs is 1. The van der Waals surface area contributed by atoms with Crippen LogP contribution in [-0.4, -0.2) is 5.91 Å². The number of para-hydroxylation sites is 1. The summed E-state index contributed by atoms with van der Waals surface area (Å²) in [5, 5.41) is 2.99. The molecule has 1 aliphatic rings. The highest BCUT2D eigenvalue weighted by molar-refractivity contribution is 5.98. The van der Waals surface area contributed by atoms with Gasteiger partial charge in [0.2, 0.25) is 5.91 Å². The molecule has 0 saturated heterocycles. The molecule has 2 heteroatoms. The molecule has 0 fully saturated rings. The Kier molecular flexibility index (Phi) is 2.41. The molecule has 17 heavy (non-hydrogen) atoms. The summed E-state index contributed by atoms with van der Waals surface area (Å²) in [5.41, 5.74) is 4.46. The van der Waals surface area contributed by atoms with E-state index < -0.39 is 0 Å². The van der Waals surface area contributed by atoms with Gasteiger partial charge in [-0.15, -0.1) is 0 Å². The van der Waals surface area contributed by atoms with Crippen molar-refractivity contribution in [3.63, 3.8) is 0 Å². The second kappa shape index (κ2) is 4.06. The molecule has 1 N–H and O–H groups in total. The molecule has 0 radical (unpaired) electrons. The minimum atomic E-state index is 0.112. The molecule has 0 bridgehead atoms. The molecule has 3 rings (SSSR count). The number of anilines is 1. The zero-order valence-corrected chi connectivity index (χ0v) is 9.44. The summed E-state index contributed by atoms with van der Waals surface area (Å²) in [5.74, 6) is 0.112. The summed E-state index contributed by atoms with van der Waals surface area (Å²) in [4.78, 5) is 11.5. The average Bonchev–Trinajstić information content (AvgIpc) is 2.39. The summed E-state index contributed by atoms with van der Waals surface area (Å²) in [6, 6.07) is 16.3. The van der Waals surface area contributed by atoms with Crippen LogP contribution < -0.4 is 5.32 Å². The van der Waals surface area contributed by atoms with Crippen LogP contribution in [0.25, 0.3) is 11.1 Å². The Hall–Kier alpha value is -2.09. The van der Waals surface area contributed by atoms with Crippen molar-refractivity contribution < 1.29 is 4.79 Å². The minimum absolute atomic E-state index is 0.112. The predicted molar refractivity (Wildman–Crippen MR) is 68.8 cm³/mol. The second-order valence-electron chi connectivity index (χ2n) is 4.25. The van der Waals surface area contributed by atoms with Gasteiger partial charge in [-0.2, -0.15) is 0 Å². The molecule has 0 atom stereocenters. The van der Waals surface area contributed by atoms with Crippen molar-refractivity contribution >= 4 is 11.6 Å². The summed E-state index contributed by atoms with van der Waals surface area (Å²) in [6.45, 7) is 0. The van der Waals surface area contributed by atoms with E-state index in [1.807, 2.05) is 18.2 Å². The molecule has 2 aromatic carbocycles. The Bertz CT molecular complexity index is 560. The summed E-state index contributed by atoms with van der Waals surface area (Å²) in [6.07, 6.45) is 1.42. The van der Waals surface area contributed by atoms with Gasteiger partial charge in [-0.25, -0.2) is 0 Å². The minimum Gasteiger partial charge on any atom is -0.325 e. The number of hydrogen-bond acceptors (Lipinski definition) is 1.